The third-order valence-electron chi connectivity index (χ3n) is 4.33. The van der Waals surface area contributed by atoms with Gasteiger partial charge in [0.2, 0.25) is 0 Å². The topological polar surface area (TPSA) is 63.0 Å². The molecule has 0 atom stereocenters. The zero-order chi connectivity index (χ0) is 18.9. The van der Waals surface area contributed by atoms with Crippen molar-refractivity contribution in [2.45, 2.75) is 6.18 Å². The third kappa shape index (κ3) is 3.69. The summed E-state index contributed by atoms with van der Waals surface area (Å²) in [5.41, 5.74) is -0.927. The Morgan fingerprint density at radius 1 is 0.852 bits per heavy atom. The van der Waals surface area contributed by atoms with E-state index in [0.717, 1.165) is 18.2 Å². The van der Waals surface area contributed by atoms with Crippen molar-refractivity contribution in [2.24, 2.45) is 0 Å². The summed E-state index contributed by atoms with van der Waals surface area (Å²) in [5.74, 6) is 1.81. The van der Waals surface area contributed by atoms with Crippen molar-refractivity contribution in [3.05, 3.63) is 54.7 Å². The summed E-state index contributed by atoms with van der Waals surface area (Å²) >= 11 is 0. The molecule has 0 N–H and O–H groups in total. The number of rotatable bonds is 3. The maximum absolute atomic E-state index is 12.8. The molecule has 0 radical (unpaired) electrons. The molecule has 7 nitrogen and oxygen atoms in total. The minimum Gasteiger partial charge on any atom is -0.353 e. The Bertz CT molecular complexity index is 903. The second-order valence-corrected chi connectivity index (χ2v) is 6.04. The predicted molar refractivity (Wildman–Crippen MR) is 92.8 cm³/mol. The van der Waals surface area contributed by atoms with Gasteiger partial charge in [0.25, 0.3) is 0 Å². The number of hydrogen-bond donors (Lipinski definition) is 0. The highest BCUT2D eigenvalue weighted by atomic mass is 19.4. The SMILES string of the molecule is FC(F)(F)c1cc(N2CCN(c3cccc(-n4cccn4)n3)CC2)ncn1. The maximum atomic E-state index is 12.8. The molecule has 0 aliphatic carbocycles. The number of anilines is 2. The lowest BCUT2D eigenvalue weighted by atomic mass is 10.3. The number of piperazine rings is 1. The van der Waals surface area contributed by atoms with Crippen molar-refractivity contribution in [3.63, 3.8) is 0 Å². The molecule has 4 heterocycles. The standard InChI is InChI=1S/C17H16F3N7/c18-17(19,20)13-11-16(22-12-21-13)26-9-7-25(8-10-26)14-3-1-4-15(24-14)27-6-2-5-23-27/h1-6,11-12H,7-10H2. The smallest absolute Gasteiger partial charge is 0.353 e. The first kappa shape index (κ1) is 17.3. The third-order valence-corrected chi connectivity index (χ3v) is 4.33. The number of aromatic nitrogens is 5. The van der Waals surface area contributed by atoms with E-state index in [0.29, 0.717) is 32.0 Å². The molecule has 27 heavy (non-hydrogen) atoms. The first-order valence-electron chi connectivity index (χ1n) is 8.37. The van der Waals surface area contributed by atoms with E-state index in [1.54, 1.807) is 10.9 Å². The van der Waals surface area contributed by atoms with E-state index in [2.05, 4.69) is 25.0 Å². The molecule has 0 amide bonds. The average molecular weight is 375 g/mol. The Hall–Kier alpha value is -3.17. The fourth-order valence-corrected chi connectivity index (χ4v) is 2.96. The van der Waals surface area contributed by atoms with Crippen molar-refractivity contribution in [1.29, 1.82) is 0 Å². The Labute approximate surface area is 153 Å². The average Bonchev–Trinajstić information content (AvgIpc) is 3.23. The lowest BCUT2D eigenvalue weighted by molar-refractivity contribution is -0.141. The normalized spacial score (nSPS) is 15.2. The molecule has 0 aromatic carbocycles. The highest BCUT2D eigenvalue weighted by molar-refractivity contribution is 5.47. The van der Waals surface area contributed by atoms with E-state index in [4.69, 9.17) is 0 Å². The summed E-state index contributed by atoms with van der Waals surface area (Å²) in [7, 11) is 0. The van der Waals surface area contributed by atoms with Gasteiger partial charge in [-0.2, -0.15) is 18.3 Å². The number of nitrogens with zero attached hydrogens (tertiary/aromatic N) is 7. The van der Waals surface area contributed by atoms with Crippen LogP contribution in [-0.4, -0.2) is 50.9 Å². The van der Waals surface area contributed by atoms with Crippen molar-refractivity contribution in [1.82, 2.24) is 24.7 Å². The van der Waals surface area contributed by atoms with Crippen molar-refractivity contribution >= 4 is 11.6 Å². The number of pyridine rings is 1. The summed E-state index contributed by atoms with van der Waals surface area (Å²) < 4.78 is 40.2. The molecular formula is C17H16F3N7. The van der Waals surface area contributed by atoms with Crippen molar-refractivity contribution in [3.8, 4) is 5.82 Å². The fourth-order valence-electron chi connectivity index (χ4n) is 2.96. The van der Waals surface area contributed by atoms with Gasteiger partial charge in [-0.3, -0.25) is 0 Å². The molecule has 0 bridgehead atoms. The molecule has 1 saturated heterocycles. The number of alkyl halides is 3. The van der Waals surface area contributed by atoms with Gasteiger partial charge in [0.15, 0.2) is 5.82 Å². The van der Waals surface area contributed by atoms with Gasteiger partial charge < -0.3 is 9.80 Å². The maximum Gasteiger partial charge on any atom is 0.433 e. The minimum atomic E-state index is -4.48. The second kappa shape index (κ2) is 6.86. The lowest BCUT2D eigenvalue weighted by Crippen LogP contribution is -2.47. The Morgan fingerprint density at radius 3 is 2.22 bits per heavy atom. The van der Waals surface area contributed by atoms with Crippen molar-refractivity contribution < 1.29 is 13.2 Å². The van der Waals surface area contributed by atoms with Crippen LogP contribution in [-0.2, 0) is 6.18 Å². The zero-order valence-corrected chi connectivity index (χ0v) is 14.2. The van der Waals surface area contributed by atoms with Gasteiger partial charge in [0, 0.05) is 44.6 Å². The molecule has 10 heteroatoms. The van der Waals surface area contributed by atoms with Gasteiger partial charge in [-0.25, -0.2) is 19.6 Å². The van der Waals surface area contributed by atoms with Crippen LogP contribution in [0.15, 0.2) is 49.1 Å². The van der Waals surface area contributed by atoms with Crippen LogP contribution in [0.4, 0.5) is 24.8 Å². The molecule has 1 aliphatic heterocycles. The van der Waals surface area contributed by atoms with E-state index in [-0.39, 0.29) is 5.82 Å². The van der Waals surface area contributed by atoms with E-state index < -0.39 is 11.9 Å². The Kier molecular flexibility index (Phi) is 4.38. The van der Waals surface area contributed by atoms with Crippen LogP contribution in [0, 0.1) is 0 Å². The lowest BCUT2D eigenvalue weighted by Gasteiger charge is -2.36. The molecule has 3 aromatic rings. The summed E-state index contributed by atoms with van der Waals surface area (Å²) in [6, 6.07) is 8.50. The number of hydrogen-bond acceptors (Lipinski definition) is 6. The summed E-state index contributed by atoms with van der Waals surface area (Å²) in [4.78, 5) is 15.8. The summed E-state index contributed by atoms with van der Waals surface area (Å²) in [5, 5.41) is 4.17. The molecule has 0 spiro atoms. The van der Waals surface area contributed by atoms with E-state index >= 15 is 0 Å². The van der Waals surface area contributed by atoms with Crippen LogP contribution < -0.4 is 9.80 Å². The van der Waals surface area contributed by atoms with Gasteiger partial charge in [0.05, 0.1) is 0 Å². The Morgan fingerprint density at radius 2 is 1.56 bits per heavy atom. The van der Waals surface area contributed by atoms with Crippen LogP contribution in [0.25, 0.3) is 5.82 Å². The molecule has 0 saturated carbocycles. The van der Waals surface area contributed by atoms with Gasteiger partial charge >= 0.3 is 6.18 Å². The monoisotopic (exact) mass is 375 g/mol. The molecule has 3 aromatic heterocycles. The van der Waals surface area contributed by atoms with Crippen LogP contribution >= 0.6 is 0 Å². The van der Waals surface area contributed by atoms with Crippen LogP contribution in [0.3, 0.4) is 0 Å². The van der Waals surface area contributed by atoms with E-state index in [9.17, 15) is 13.2 Å². The first-order valence-corrected chi connectivity index (χ1v) is 8.37. The highest BCUT2D eigenvalue weighted by Crippen LogP contribution is 2.29. The largest absolute Gasteiger partial charge is 0.433 e. The molecule has 1 fully saturated rings. The van der Waals surface area contributed by atoms with Crippen molar-refractivity contribution in [2.75, 3.05) is 36.0 Å². The first-order chi connectivity index (χ1) is 13.0. The molecule has 0 unspecified atom stereocenters. The second-order valence-electron chi connectivity index (χ2n) is 6.04. The quantitative estimate of drug-likeness (QED) is 0.701. The van der Waals surface area contributed by atoms with Gasteiger partial charge in [-0.05, 0) is 18.2 Å². The van der Waals surface area contributed by atoms with Gasteiger partial charge in [-0.1, -0.05) is 6.07 Å². The van der Waals surface area contributed by atoms with E-state index in [1.165, 1.54) is 0 Å². The zero-order valence-electron chi connectivity index (χ0n) is 14.2. The molecule has 1 aliphatic rings. The molecule has 140 valence electrons. The minimum absolute atomic E-state index is 0.287. The molecular weight excluding hydrogens is 359 g/mol. The van der Waals surface area contributed by atoms with Gasteiger partial charge in [-0.15, -0.1) is 0 Å². The van der Waals surface area contributed by atoms with Crippen LogP contribution in [0.1, 0.15) is 5.69 Å². The highest BCUT2D eigenvalue weighted by Gasteiger charge is 2.33. The predicted octanol–water partition coefficient (Wildman–Crippen LogP) is 2.40. The van der Waals surface area contributed by atoms with Crippen LogP contribution in [0.5, 0.6) is 0 Å². The fraction of sp³-hybridized carbons (Fsp3) is 0.294. The van der Waals surface area contributed by atoms with E-state index in [1.807, 2.05) is 35.4 Å². The van der Waals surface area contributed by atoms with Gasteiger partial charge in [0.1, 0.15) is 23.7 Å². The Balaban J connectivity index is 1.46. The summed E-state index contributed by atoms with van der Waals surface area (Å²) in [6.45, 7) is 2.34. The molecule has 4 rings (SSSR count). The number of halogens is 3. The van der Waals surface area contributed by atoms with Crippen LogP contribution in [0.2, 0.25) is 0 Å². The summed E-state index contributed by atoms with van der Waals surface area (Å²) in [6.07, 6.45) is -0.0164.